The van der Waals surface area contributed by atoms with Gasteiger partial charge in [0.1, 0.15) is 24.2 Å². The average molecular weight is 394 g/mol. The second-order valence-corrected chi connectivity index (χ2v) is 6.56. The third kappa shape index (κ3) is 3.79. The van der Waals surface area contributed by atoms with Gasteiger partial charge in [0, 0.05) is 5.56 Å². The lowest BCUT2D eigenvalue weighted by Crippen LogP contribution is -2.03. The van der Waals surface area contributed by atoms with E-state index < -0.39 is 0 Å². The van der Waals surface area contributed by atoms with Crippen LogP contribution < -0.4 is 10.5 Å². The minimum atomic E-state index is 0.0893. The van der Waals surface area contributed by atoms with E-state index in [1.165, 1.54) is 0 Å². The molecule has 2 heterocycles. The molecule has 7 nitrogen and oxygen atoms in total. The van der Waals surface area contributed by atoms with E-state index in [0.717, 1.165) is 17.4 Å². The standard InChI is InChI=1S/C20H16ClN5O2/c21-20-24-18(22)17-19(25-20)26(12-23-17)9-13-3-1-5-15(7-13)11-28-16-6-2-4-14(8-16)10-27/h1-8,10,12H,9,11H2,(H2,22,24,25). The predicted octanol–water partition coefficient (Wildman–Crippen LogP) is 3.50. The molecule has 0 bridgehead atoms. The highest BCUT2D eigenvalue weighted by Crippen LogP contribution is 2.20. The molecule has 2 N–H and O–H groups in total. The zero-order chi connectivity index (χ0) is 19.5. The van der Waals surface area contributed by atoms with Crippen LogP contribution in [0.5, 0.6) is 5.75 Å². The molecule has 0 unspecified atom stereocenters. The zero-order valence-electron chi connectivity index (χ0n) is 14.7. The van der Waals surface area contributed by atoms with Crippen molar-refractivity contribution >= 4 is 34.9 Å². The molecule has 0 saturated heterocycles. The molecule has 0 amide bonds. The van der Waals surface area contributed by atoms with Gasteiger partial charge in [-0.2, -0.15) is 9.97 Å². The van der Waals surface area contributed by atoms with Crippen molar-refractivity contribution in [2.45, 2.75) is 13.2 Å². The lowest BCUT2D eigenvalue weighted by Gasteiger charge is -2.09. The number of nitrogens with two attached hydrogens (primary N) is 1. The number of anilines is 1. The topological polar surface area (TPSA) is 95.9 Å². The minimum Gasteiger partial charge on any atom is -0.489 e. The highest BCUT2D eigenvalue weighted by atomic mass is 35.5. The fraction of sp³-hybridized carbons (Fsp3) is 0.100. The van der Waals surface area contributed by atoms with Crippen molar-refractivity contribution in [2.75, 3.05) is 5.73 Å². The highest BCUT2D eigenvalue weighted by Gasteiger charge is 2.11. The van der Waals surface area contributed by atoms with E-state index in [9.17, 15) is 4.79 Å². The Morgan fingerprint density at radius 2 is 1.93 bits per heavy atom. The van der Waals surface area contributed by atoms with E-state index in [-0.39, 0.29) is 11.1 Å². The zero-order valence-corrected chi connectivity index (χ0v) is 15.5. The normalized spacial score (nSPS) is 10.9. The SMILES string of the molecule is Nc1nc(Cl)nc2c1ncn2Cc1cccc(COc2cccc(C=O)c2)c1. The number of nitrogen functional groups attached to an aromatic ring is 1. The number of halogens is 1. The van der Waals surface area contributed by atoms with E-state index >= 15 is 0 Å². The number of nitrogens with zero attached hydrogens (tertiary/aromatic N) is 4. The average Bonchev–Trinajstić information content (AvgIpc) is 3.10. The number of ether oxygens (including phenoxy) is 1. The summed E-state index contributed by atoms with van der Waals surface area (Å²) in [4.78, 5) is 23.3. The number of aromatic nitrogens is 4. The van der Waals surface area contributed by atoms with E-state index in [0.29, 0.717) is 35.6 Å². The number of rotatable bonds is 6. The highest BCUT2D eigenvalue weighted by molar-refractivity contribution is 6.28. The largest absolute Gasteiger partial charge is 0.489 e. The van der Waals surface area contributed by atoms with Crippen LogP contribution in [0.25, 0.3) is 11.2 Å². The molecule has 28 heavy (non-hydrogen) atoms. The summed E-state index contributed by atoms with van der Waals surface area (Å²) >= 11 is 5.92. The molecule has 0 fully saturated rings. The van der Waals surface area contributed by atoms with Crippen LogP contribution in [0.1, 0.15) is 21.5 Å². The Kier molecular flexibility index (Phi) is 4.90. The van der Waals surface area contributed by atoms with Gasteiger partial charge in [-0.15, -0.1) is 0 Å². The number of aldehydes is 1. The molecule has 0 aliphatic carbocycles. The molecular formula is C20H16ClN5O2. The van der Waals surface area contributed by atoms with Gasteiger partial charge < -0.3 is 15.0 Å². The maximum Gasteiger partial charge on any atom is 0.226 e. The molecule has 140 valence electrons. The maximum atomic E-state index is 10.9. The lowest BCUT2D eigenvalue weighted by molar-refractivity contribution is 0.112. The van der Waals surface area contributed by atoms with Crippen LogP contribution in [-0.2, 0) is 13.2 Å². The number of hydrogen-bond acceptors (Lipinski definition) is 6. The number of carbonyl (C=O) groups is 1. The Bertz CT molecular complexity index is 1160. The van der Waals surface area contributed by atoms with Crippen molar-refractivity contribution in [1.82, 2.24) is 19.5 Å². The molecule has 4 aromatic rings. The van der Waals surface area contributed by atoms with Crippen molar-refractivity contribution in [3.05, 3.63) is 76.8 Å². The molecule has 0 saturated carbocycles. The van der Waals surface area contributed by atoms with E-state index in [1.54, 1.807) is 24.5 Å². The number of imidazole rings is 1. The van der Waals surface area contributed by atoms with Crippen molar-refractivity contribution in [2.24, 2.45) is 0 Å². The van der Waals surface area contributed by atoms with Gasteiger partial charge in [0.15, 0.2) is 11.5 Å². The van der Waals surface area contributed by atoms with E-state index in [1.807, 2.05) is 34.9 Å². The van der Waals surface area contributed by atoms with Crippen LogP contribution in [0.15, 0.2) is 54.9 Å². The van der Waals surface area contributed by atoms with Crippen molar-refractivity contribution < 1.29 is 9.53 Å². The number of benzene rings is 2. The summed E-state index contributed by atoms with van der Waals surface area (Å²) < 4.78 is 7.66. The number of hydrogen-bond donors (Lipinski definition) is 1. The molecule has 0 aliphatic heterocycles. The van der Waals surface area contributed by atoms with Crippen LogP contribution in [0, 0.1) is 0 Å². The summed E-state index contributed by atoms with van der Waals surface area (Å²) in [5.41, 5.74) is 9.61. The fourth-order valence-corrected chi connectivity index (χ4v) is 3.08. The third-order valence-corrected chi connectivity index (χ3v) is 4.38. The third-order valence-electron chi connectivity index (χ3n) is 4.21. The Hall–Kier alpha value is -3.45. The summed E-state index contributed by atoms with van der Waals surface area (Å²) in [5.74, 6) is 0.908. The summed E-state index contributed by atoms with van der Waals surface area (Å²) in [6, 6.07) is 15.1. The van der Waals surface area contributed by atoms with Gasteiger partial charge in [-0.3, -0.25) is 4.79 Å². The van der Waals surface area contributed by atoms with E-state index in [4.69, 9.17) is 22.1 Å². The van der Waals surface area contributed by atoms with Crippen LogP contribution in [-0.4, -0.2) is 25.8 Å². The molecule has 8 heteroatoms. The predicted molar refractivity (Wildman–Crippen MR) is 106 cm³/mol. The maximum absolute atomic E-state index is 10.9. The van der Waals surface area contributed by atoms with Gasteiger partial charge in [-0.05, 0) is 34.9 Å². The van der Waals surface area contributed by atoms with Gasteiger partial charge in [0.2, 0.25) is 5.28 Å². The van der Waals surface area contributed by atoms with Gasteiger partial charge in [-0.1, -0.05) is 36.4 Å². The summed E-state index contributed by atoms with van der Waals surface area (Å²) in [7, 11) is 0. The quantitative estimate of drug-likeness (QED) is 0.398. The van der Waals surface area contributed by atoms with Crippen LogP contribution in [0.3, 0.4) is 0 Å². The Morgan fingerprint density at radius 3 is 2.79 bits per heavy atom. The first-order valence-electron chi connectivity index (χ1n) is 8.52. The van der Waals surface area contributed by atoms with Crippen molar-refractivity contribution in [1.29, 1.82) is 0 Å². The Morgan fingerprint density at radius 1 is 1.11 bits per heavy atom. The van der Waals surface area contributed by atoms with Crippen molar-refractivity contribution in [3.8, 4) is 5.75 Å². The Labute approximate surface area is 165 Å². The first-order valence-corrected chi connectivity index (χ1v) is 8.90. The molecule has 2 aromatic carbocycles. The van der Waals surface area contributed by atoms with Gasteiger partial charge in [-0.25, -0.2) is 4.98 Å². The second kappa shape index (κ2) is 7.66. The molecule has 2 aromatic heterocycles. The number of carbonyl (C=O) groups excluding carboxylic acids is 1. The van der Waals surface area contributed by atoms with Crippen molar-refractivity contribution in [3.63, 3.8) is 0 Å². The van der Waals surface area contributed by atoms with Crippen LogP contribution >= 0.6 is 11.6 Å². The van der Waals surface area contributed by atoms with Crippen LogP contribution in [0.2, 0.25) is 5.28 Å². The minimum absolute atomic E-state index is 0.0893. The fourth-order valence-electron chi connectivity index (χ4n) is 2.91. The molecule has 0 radical (unpaired) electrons. The van der Waals surface area contributed by atoms with Gasteiger partial charge >= 0.3 is 0 Å². The molecule has 0 spiro atoms. The van der Waals surface area contributed by atoms with Gasteiger partial charge in [0.05, 0.1) is 12.9 Å². The summed E-state index contributed by atoms with van der Waals surface area (Å²) in [6.07, 6.45) is 2.46. The lowest BCUT2D eigenvalue weighted by atomic mass is 10.1. The molecule has 0 atom stereocenters. The smallest absolute Gasteiger partial charge is 0.226 e. The molecular weight excluding hydrogens is 378 g/mol. The molecule has 4 rings (SSSR count). The van der Waals surface area contributed by atoms with Gasteiger partial charge in [0.25, 0.3) is 0 Å². The number of fused-ring (bicyclic) bond motifs is 1. The van der Waals surface area contributed by atoms with Crippen LogP contribution in [0.4, 0.5) is 5.82 Å². The molecule has 0 aliphatic rings. The summed E-state index contributed by atoms with van der Waals surface area (Å²) in [6.45, 7) is 0.944. The summed E-state index contributed by atoms with van der Waals surface area (Å²) in [5, 5.41) is 0.0893. The second-order valence-electron chi connectivity index (χ2n) is 6.22. The monoisotopic (exact) mass is 393 g/mol. The first-order chi connectivity index (χ1) is 13.6. The Balaban J connectivity index is 1.52. The van der Waals surface area contributed by atoms with E-state index in [2.05, 4.69) is 15.0 Å². The first kappa shape index (κ1) is 17.9.